The van der Waals surface area contributed by atoms with Gasteiger partial charge in [0.1, 0.15) is 0 Å². The lowest BCUT2D eigenvalue weighted by Gasteiger charge is -2.32. The molecule has 6 nitrogen and oxygen atoms in total. The predicted octanol–water partition coefficient (Wildman–Crippen LogP) is 14.8. The summed E-state index contributed by atoms with van der Waals surface area (Å²) in [5.41, 5.74) is 14.6. The molecule has 0 fully saturated rings. The first-order valence-corrected chi connectivity index (χ1v) is 22.0. The number of benzene rings is 9. The van der Waals surface area contributed by atoms with E-state index in [4.69, 9.17) is 30.3 Å². The Hall–Kier alpha value is -8.87. The molecule has 1 aliphatic heterocycles. The highest BCUT2D eigenvalue weighted by Gasteiger charge is 2.16. The molecule has 1 aliphatic rings. The second kappa shape index (κ2) is 18.1. The number of amidine groups is 2. The van der Waals surface area contributed by atoms with Gasteiger partial charge in [-0.15, -0.1) is 0 Å². The van der Waals surface area contributed by atoms with Crippen LogP contribution in [0.1, 0.15) is 22.9 Å². The maximum absolute atomic E-state index is 5.11. The highest BCUT2D eigenvalue weighted by Crippen LogP contribution is 2.35. The minimum atomic E-state index is -0.418. The normalized spacial score (nSPS) is 13.3. The van der Waals surface area contributed by atoms with E-state index in [2.05, 4.69) is 158 Å². The summed E-state index contributed by atoms with van der Waals surface area (Å²) in [6.07, 6.45) is -0.418. The van der Waals surface area contributed by atoms with Crippen LogP contribution in [0.4, 0.5) is 0 Å². The van der Waals surface area contributed by atoms with Gasteiger partial charge in [0.25, 0.3) is 0 Å². The summed E-state index contributed by atoms with van der Waals surface area (Å²) in [6.45, 7) is 0. The summed E-state index contributed by atoms with van der Waals surface area (Å²) < 4.78 is 0. The van der Waals surface area contributed by atoms with Crippen LogP contribution in [-0.2, 0) is 0 Å². The first-order valence-electron chi connectivity index (χ1n) is 22.0. The molecule has 1 aromatic heterocycles. The van der Waals surface area contributed by atoms with E-state index in [0.29, 0.717) is 29.1 Å². The number of nitrogens with zero attached hydrogens (tertiary/aromatic N) is 6. The molecule has 10 aromatic rings. The molecule has 6 heteroatoms. The van der Waals surface area contributed by atoms with Crippen molar-refractivity contribution in [3.8, 4) is 78.7 Å². The molecule has 0 radical (unpaired) electrons. The molecule has 9 aromatic carbocycles. The third-order valence-corrected chi connectivity index (χ3v) is 11.7. The summed E-state index contributed by atoms with van der Waals surface area (Å²) in [7, 11) is 0. The lowest BCUT2D eigenvalue weighted by atomic mass is 9.95. The van der Waals surface area contributed by atoms with Gasteiger partial charge < -0.3 is 10.3 Å². The first-order chi connectivity index (χ1) is 32.7. The van der Waals surface area contributed by atoms with Gasteiger partial charge in [-0.2, -0.15) is 0 Å². The number of hydrogen-bond acceptors (Lipinski definition) is 5. The summed E-state index contributed by atoms with van der Waals surface area (Å²) in [5.74, 6) is 3.21. The second-order valence-electron chi connectivity index (χ2n) is 16.1. The fourth-order valence-corrected chi connectivity index (χ4v) is 8.28. The van der Waals surface area contributed by atoms with E-state index < -0.39 is 6.17 Å². The molecule has 66 heavy (non-hydrogen) atoms. The standard InChI is InChI=1S/C60H41N6/c1-5-17-41(18-6-1)42-33-35-46(36-34-42)58-62-57(45-23-11-4-12-24-45)65-60(66-58)54-32-16-30-52(40-54)50-28-14-26-48(38-50)47-25-13-27-49(37-47)51-29-15-31-53(39-51)59-63-55(43-19-7-2-8-20-43)61-56(64-59)44-21-9-3-10-22-44/h1-40,57H/q-1. The zero-order valence-corrected chi connectivity index (χ0v) is 35.9. The molecule has 0 spiro atoms. The number of hydrogen-bond donors (Lipinski definition) is 0. The van der Waals surface area contributed by atoms with Crippen molar-refractivity contribution in [3.05, 3.63) is 265 Å². The van der Waals surface area contributed by atoms with Crippen molar-refractivity contribution >= 4 is 11.7 Å². The zero-order valence-electron chi connectivity index (χ0n) is 35.9. The van der Waals surface area contributed by atoms with Crippen molar-refractivity contribution in [3.63, 3.8) is 0 Å². The monoisotopic (exact) mass is 845 g/mol. The van der Waals surface area contributed by atoms with E-state index in [-0.39, 0.29) is 0 Å². The van der Waals surface area contributed by atoms with Gasteiger partial charge in [0, 0.05) is 16.7 Å². The molecular formula is C60H41N6-. The molecule has 0 saturated carbocycles. The molecule has 312 valence electrons. The number of aliphatic imine (C=N–C) groups is 2. The van der Waals surface area contributed by atoms with Crippen LogP contribution in [0.5, 0.6) is 0 Å². The van der Waals surface area contributed by atoms with E-state index in [0.717, 1.165) is 72.3 Å². The quantitative estimate of drug-likeness (QED) is 0.138. The predicted molar refractivity (Wildman–Crippen MR) is 270 cm³/mol. The lowest BCUT2D eigenvalue weighted by Crippen LogP contribution is -2.15. The molecule has 1 atom stereocenters. The minimum absolute atomic E-state index is 0.418. The van der Waals surface area contributed by atoms with E-state index in [9.17, 15) is 0 Å². The Balaban J connectivity index is 0.891. The third-order valence-electron chi connectivity index (χ3n) is 11.7. The van der Waals surface area contributed by atoms with Gasteiger partial charge in [0.15, 0.2) is 17.5 Å². The average molecular weight is 846 g/mol. The largest absolute Gasteiger partial charge is 0.438 e. The summed E-state index contributed by atoms with van der Waals surface area (Å²) in [5, 5.41) is 5.11. The third kappa shape index (κ3) is 8.59. The van der Waals surface area contributed by atoms with Crippen LogP contribution < -0.4 is 0 Å². The Labute approximate surface area is 384 Å². The van der Waals surface area contributed by atoms with Crippen LogP contribution >= 0.6 is 0 Å². The fourth-order valence-electron chi connectivity index (χ4n) is 8.28. The van der Waals surface area contributed by atoms with Crippen molar-refractivity contribution in [2.75, 3.05) is 0 Å². The molecule has 0 bridgehead atoms. The fraction of sp³-hybridized carbons (Fsp3) is 0.0167. The van der Waals surface area contributed by atoms with Crippen LogP contribution in [0.2, 0.25) is 0 Å². The Bertz CT molecular complexity index is 3310. The number of rotatable bonds is 10. The zero-order chi connectivity index (χ0) is 44.1. The minimum Gasteiger partial charge on any atom is -0.438 e. The van der Waals surface area contributed by atoms with Crippen molar-refractivity contribution in [1.29, 1.82) is 0 Å². The Kier molecular flexibility index (Phi) is 10.9. The van der Waals surface area contributed by atoms with E-state index in [1.807, 2.05) is 84.9 Å². The SMILES string of the molecule is c1ccc(-c2ccc(C3=NC(c4ccccc4)[N-]C(c4cccc(-c5cccc(-c6cccc(-c7cccc(-c8nc(-c9ccccc9)nc(-c9ccccc9)n8)c7)c6)c5)c4)=N3)cc2)cc1. The van der Waals surface area contributed by atoms with Gasteiger partial charge in [0.05, 0.1) is 12.0 Å². The van der Waals surface area contributed by atoms with Gasteiger partial charge in [-0.05, 0) is 85.5 Å². The molecule has 0 N–H and O–H groups in total. The van der Waals surface area contributed by atoms with E-state index >= 15 is 0 Å². The molecule has 11 rings (SSSR count). The van der Waals surface area contributed by atoms with Crippen LogP contribution in [0.15, 0.2) is 253 Å². The smallest absolute Gasteiger partial charge is 0.164 e. The van der Waals surface area contributed by atoms with Crippen molar-refractivity contribution in [2.45, 2.75) is 6.17 Å². The second-order valence-corrected chi connectivity index (χ2v) is 16.1. The molecule has 0 aliphatic carbocycles. The summed E-state index contributed by atoms with van der Waals surface area (Å²) in [4.78, 5) is 25.0. The molecule has 1 unspecified atom stereocenters. The molecular weight excluding hydrogens is 805 g/mol. The Morgan fingerprint density at radius 3 is 1.09 bits per heavy atom. The number of aromatic nitrogens is 3. The highest BCUT2D eigenvalue weighted by atomic mass is 15.2. The van der Waals surface area contributed by atoms with Gasteiger partial charge in [-0.1, -0.05) is 224 Å². The lowest BCUT2D eigenvalue weighted by molar-refractivity contribution is 0.878. The topological polar surface area (TPSA) is 77.5 Å². The Morgan fingerprint density at radius 1 is 0.273 bits per heavy atom. The van der Waals surface area contributed by atoms with Gasteiger partial charge in [0.2, 0.25) is 0 Å². The van der Waals surface area contributed by atoms with Crippen molar-refractivity contribution < 1.29 is 0 Å². The van der Waals surface area contributed by atoms with Crippen LogP contribution in [0.3, 0.4) is 0 Å². The first kappa shape index (κ1) is 39.9. The Morgan fingerprint density at radius 2 is 0.606 bits per heavy atom. The van der Waals surface area contributed by atoms with Crippen LogP contribution in [0.25, 0.3) is 84.0 Å². The maximum Gasteiger partial charge on any atom is 0.164 e. The van der Waals surface area contributed by atoms with Gasteiger partial charge in [-0.3, -0.25) is 4.99 Å². The maximum atomic E-state index is 5.11. The summed E-state index contributed by atoms with van der Waals surface area (Å²) >= 11 is 0. The van der Waals surface area contributed by atoms with E-state index in [1.165, 1.54) is 5.56 Å². The van der Waals surface area contributed by atoms with Crippen LogP contribution in [0, 0.1) is 0 Å². The van der Waals surface area contributed by atoms with Crippen LogP contribution in [-0.4, -0.2) is 26.6 Å². The highest BCUT2D eigenvalue weighted by molar-refractivity contribution is 6.19. The average Bonchev–Trinajstić information content (AvgIpc) is 3.42. The van der Waals surface area contributed by atoms with Gasteiger partial charge in [-0.25, -0.2) is 15.0 Å². The van der Waals surface area contributed by atoms with E-state index in [1.54, 1.807) is 0 Å². The summed E-state index contributed by atoms with van der Waals surface area (Å²) in [6, 6.07) is 83.5. The van der Waals surface area contributed by atoms with Crippen molar-refractivity contribution in [1.82, 2.24) is 15.0 Å². The molecule has 2 heterocycles. The van der Waals surface area contributed by atoms with Crippen molar-refractivity contribution in [2.24, 2.45) is 9.98 Å². The molecule has 0 amide bonds. The molecule has 0 saturated heterocycles. The van der Waals surface area contributed by atoms with Gasteiger partial charge >= 0.3 is 0 Å².